The molecule has 1 spiro atoms. The van der Waals surface area contributed by atoms with Crippen molar-refractivity contribution in [3.63, 3.8) is 0 Å². The van der Waals surface area contributed by atoms with E-state index in [4.69, 9.17) is 9.84 Å². The Morgan fingerprint density at radius 3 is 2.75 bits per heavy atom. The highest BCUT2D eigenvalue weighted by Crippen LogP contribution is 2.40. The fraction of sp³-hybridized carbons (Fsp3) is 0.714. The Morgan fingerprint density at radius 1 is 1.67 bits per heavy atom. The lowest BCUT2D eigenvalue weighted by Gasteiger charge is -2.40. The Labute approximate surface area is 68.7 Å². The van der Waals surface area contributed by atoms with Gasteiger partial charge in [-0.3, -0.25) is 4.79 Å². The minimum atomic E-state index is -0.790. The largest absolute Gasteiger partial charge is 0.481 e. The van der Waals surface area contributed by atoms with Crippen molar-refractivity contribution in [2.75, 3.05) is 6.61 Å². The SMILES string of the molecule is O=C1N[C@]2(CO1)C[C@@H](C(=O)O)C2. The number of hydrogen-bond acceptors (Lipinski definition) is 3. The third-order valence-electron chi connectivity index (χ3n) is 2.47. The average Bonchev–Trinajstić information content (AvgIpc) is 2.27. The van der Waals surface area contributed by atoms with Gasteiger partial charge in [0.25, 0.3) is 0 Å². The molecule has 12 heavy (non-hydrogen) atoms. The van der Waals surface area contributed by atoms with Gasteiger partial charge in [0.05, 0.1) is 11.5 Å². The first-order chi connectivity index (χ1) is 5.61. The number of rotatable bonds is 1. The zero-order valence-electron chi connectivity index (χ0n) is 6.37. The number of carboxylic acids is 1. The van der Waals surface area contributed by atoms with Crippen molar-refractivity contribution in [2.24, 2.45) is 5.92 Å². The van der Waals surface area contributed by atoms with E-state index < -0.39 is 12.1 Å². The van der Waals surface area contributed by atoms with Gasteiger partial charge in [0, 0.05) is 0 Å². The summed E-state index contributed by atoms with van der Waals surface area (Å²) < 4.78 is 4.70. The van der Waals surface area contributed by atoms with Crippen molar-refractivity contribution in [3.8, 4) is 0 Å². The van der Waals surface area contributed by atoms with Crippen LogP contribution in [0.4, 0.5) is 4.79 Å². The zero-order valence-corrected chi connectivity index (χ0v) is 6.37. The van der Waals surface area contributed by atoms with E-state index in [9.17, 15) is 9.59 Å². The highest BCUT2D eigenvalue weighted by molar-refractivity contribution is 5.75. The number of hydrogen-bond donors (Lipinski definition) is 2. The maximum Gasteiger partial charge on any atom is 0.407 e. The highest BCUT2D eigenvalue weighted by Gasteiger charge is 2.52. The summed E-state index contributed by atoms with van der Waals surface area (Å²) in [6, 6.07) is 0. The summed E-state index contributed by atoms with van der Waals surface area (Å²) >= 11 is 0. The number of carbonyl (C=O) groups is 2. The van der Waals surface area contributed by atoms with Crippen LogP contribution in [-0.4, -0.2) is 29.3 Å². The maximum atomic E-state index is 10.6. The highest BCUT2D eigenvalue weighted by atomic mass is 16.6. The predicted octanol–water partition coefficient (Wildman–Crippen LogP) is -0.0404. The molecule has 1 aliphatic carbocycles. The smallest absolute Gasteiger partial charge is 0.407 e. The molecule has 0 radical (unpaired) electrons. The van der Waals surface area contributed by atoms with Gasteiger partial charge in [-0.05, 0) is 12.8 Å². The van der Waals surface area contributed by atoms with Crippen molar-refractivity contribution < 1.29 is 19.4 Å². The van der Waals surface area contributed by atoms with Gasteiger partial charge in [-0.1, -0.05) is 0 Å². The van der Waals surface area contributed by atoms with Gasteiger partial charge in [-0.2, -0.15) is 0 Å². The second-order valence-corrected chi connectivity index (χ2v) is 3.42. The van der Waals surface area contributed by atoms with E-state index in [-0.39, 0.29) is 11.5 Å². The molecule has 0 aromatic rings. The van der Waals surface area contributed by atoms with E-state index in [0.717, 1.165) is 0 Å². The van der Waals surface area contributed by atoms with Crippen molar-refractivity contribution in [3.05, 3.63) is 0 Å². The van der Waals surface area contributed by atoms with Crippen LogP contribution in [0.15, 0.2) is 0 Å². The van der Waals surface area contributed by atoms with Gasteiger partial charge in [-0.15, -0.1) is 0 Å². The monoisotopic (exact) mass is 171 g/mol. The normalized spacial score (nSPS) is 38.7. The van der Waals surface area contributed by atoms with Gasteiger partial charge in [-0.25, -0.2) is 4.79 Å². The molecule has 5 nitrogen and oxygen atoms in total. The summed E-state index contributed by atoms with van der Waals surface area (Å²) in [5, 5.41) is 11.2. The van der Waals surface area contributed by atoms with Crippen LogP contribution in [0.2, 0.25) is 0 Å². The summed E-state index contributed by atoms with van der Waals surface area (Å²) in [4.78, 5) is 21.1. The molecule has 66 valence electrons. The third kappa shape index (κ3) is 0.929. The van der Waals surface area contributed by atoms with Crippen LogP contribution in [0.3, 0.4) is 0 Å². The van der Waals surface area contributed by atoms with Crippen LogP contribution in [0.5, 0.6) is 0 Å². The quantitative estimate of drug-likeness (QED) is 0.580. The molecule has 5 heteroatoms. The van der Waals surface area contributed by atoms with E-state index in [1.165, 1.54) is 0 Å². The molecular formula is C7H9NO4. The Kier molecular flexibility index (Phi) is 1.31. The van der Waals surface area contributed by atoms with E-state index in [0.29, 0.717) is 19.4 Å². The molecule has 1 saturated carbocycles. The van der Waals surface area contributed by atoms with Crippen LogP contribution in [0.1, 0.15) is 12.8 Å². The molecule has 0 atom stereocenters. The van der Waals surface area contributed by atoms with Crippen molar-refractivity contribution in [1.29, 1.82) is 0 Å². The molecule has 0 unspecified atom stereocenters. The number of amides is 1. The zero-order chi connectivity index (χ0) is 8.77. The number of alkyl carbamates (subject to hydrolysis) is 1. The Bertz CT molecular complexity index is 244. The number of cyclic esters (lactones) is 1. The van der Waals surface area contributed by atoms with E-state index >= 15 is 0 Å². The van der Waals surface area contributed by atoms with Crippen molar-refractivity contribution >= 4 is 12.1 Å². The molecule has 2 rings (SSSR count). The summed E-state index contributed by atoms with van der Waals surface area (Å²) in [5.41, 5.74) is -0.361. The minimum absolute atomic E-state index is 0.313. The number of carboxylic acid groups (broad SMARTS) is 1. The third-order valence-corrected chi connectivity index (χ3v) is 2.47. The van der Waals surface area contributed by atoms with Gasteiger partial charge < -0.3 is 15.2 Å². The lowest BCUT2D eigenvalue weighted by atomic mass is 9.69. The Hall–Kier alpha value is -1.26. The summed E-state index contributed by atoms with van der Waals surface area (Å²) in [6.45, 7) is 0.315. The van der Waals surface area contributed by atoms with Gasteiger partial charge in [0.2, 0.25) is 0 Å². The molecule has 1 amide bonds. The molecule has 2 fully saturated rings. The summed E-state index contributed by atoms with van der Waals surface area (Å²) in [5.74, 6) is -1.10. The molecule has 1 heterocycles. The average molecular weight is 171 g/mol. The van der Waals surface area contributed by atoms with Crippen molar-refractivity contribution in [1.82, 2.24) is 5.32 Å². The number of carbonyl (C=O) groups excluding carboxylic acids is 1. The van der Waals surface area contributed by atoms with Gasteiger partial charge >= 0.3 is 12.1 Å². The fourth-order valence-corrected chi connectivity index (χ4v) is 1.77. The van der Waals surface area contributed by atoms with Crippen LogP contribution in [-0.2, 0) is 9.53 Å². The number of nitrogens with one attached hydrogen (secondary N) is 1. The predicted molar refractivity (Wildman–Crippen MR) is 37.6 cm³/mol. The first kappa shape index (κ1) is 7.39. The molecule has 0 aromatic carbocycles. The standard InChI is InChI=1S/C7H9NO4/c9-5(10)4-1-7(2-4)3-12-6(11)8-7/h4H,1-3H2,(H,8,11)(H,9,10)/t4-,7-. The fourth-order valence-electron chi connectivity index (χ4n) is 1.77. The summed E-state index contributed by atoms with van der Waals surface area (Å²) in [7, 11) is 0. The second kappa shape index (κ2) is 2.12. The minimum Gasteiger partial charge on any atom is -0.481 e. The first-order valence-corrected chi connectivity index (χ1v) is 3.79. The molecule has 2 aliphatic rings. The first-order valence-electron chi connectivity index (χ1n) is 3.79. The van der Waals surface area contributed by atoms with Crippen LogP contribution in [0, 0.1) is 5.92 Å². The Balaban J connectivity index is 1.95. The molecular weight excluding hydrogens is 162 g/mol. The Morgan fingerprint density at radius 2 is 2.33 bits per heavy atom. The second-order valence-electron chi connectivity index (χ2n) is 3.42. The van der Waals surface area contributed by atoms with Crippen LogP contribution < -0.4 is 5.32 Å². The van der Waals surface area contributed by atoms with Gasteiger partial charge in [0.1, 0.15) is 6.61 Å². The summed E-state index contributed by atoms with van der Waals surface area (Å²) in [6.07, 6.45) is 0.557. The lowest BCUT2D eigenvalue weighted by Crippen LogP contribution is -2.56. The molecule has 2 N–H and O–H groups in total. The van der Waals surface area contributed by atoms with Crippen molar-refractivity contribution in [2.45, 2.75) is 18.4 Å². The van der Waals surface area contributed by atoms with Crippen LogP contribution in [0.25, 0.3) is 0 Å². The number of ether oxygens (including phenoxy) is 1. The van der Waals surface area contributed by atoms with E-state index in [1.54, 1.807) is 0 Å². The lowest BCUT2D eigenvalue weighted by molar-refractivity contribution is -0.147. The molecule has 1 saturated heterocycles. The van der Waals surface area contributed by atoms with E-state index in [1.807, 2.05) is 0 Å². The topological polar surface area (TPSA) is 75.6 Å². The maximum absolute atomic E-state index is 10.6. The van der Waals surface area contributed by atoms with Crippen LogP contribution >= 0.6 is 0 Å². The molecule has 0 aromatic heterocycles. The van der Waals surface area contributed by atoms with E-state index in [2.05, 4.69) is 5.32 Å². The molecule has 1 aliphatic heterocycles. The number of aliphatic carboxylic acids is 1. The van der Waals surface area contributed by atoms with Gasteiger partial charge in [0.15, 0.2) is 0 Å². The molecule has 0 bridgehead atoms.